The topological polar surface area (TPSA) is 0 Å². The lowest BCUT2D eigenvalue weighted by atomic mass is 10.0. The second-order valence-electron chi connectivity index (χ2n) is 3.72. The van der Waals surface area contributed by atoms with Crippen molar-refractivity contribution in [1.82, 2.24) is 0 Å². The van der Waals surface area contributed by atoms with Crippen LogP contribution in [0.1, 0.15) is 16.8 Å². The Morgan fingerprint density at radius 1 is 0.765 bits per heavy atom. The Morgan fingerprint density at radius 3 is 1.41 bits per heavy atom. The van der Waals surface area contributed by atoms with Crippen molar-refractivity contribution in [2.75, 3.05) is 0 Å². The molecule has 4 heteroatoms. The van der Waals surface area contributed by atoms with Gasteiger partial charge in [-0.3, -0.25) is 0 Å². The van der Waals surface area contributed by atoms with E-state index in [0.717, 1.165) is 11.1 Å². The number of hydrogen-bond acceptors (Lipinski definition) is 1. The van der Waals surface area contributed by atoms with Gasteiger partial charge in [-0.1, -0.05) is 31.6 Å². The summed E-state index contributed by atoms with van der Waals surface area (Å²) in [6, 6.07) is 12.7. The van der Waals surface area contributed by atoms with Gasteiger partial charge in [-0.2, -0.15) is 0 Å². The van der Waals surface area contributed by atoms with Gasteiger partial charge in [0.2, 0.25) is 0 Å². The first-order chi connectivity index (χ1) is 8.20. The second-order valence-corrected chi connectivity index (χ2v) is 5.47. The van der Waals surface area contributed by atoms with Gasteiger partial charge in [0, 0.05) is 5.66 Å². The van der Waals surface area contributed by atoms with Crippen LogP contribution in [-0.2, 0) is 11.8 Å². The van der Waals surface area contributed by atoms with Gasteiger partial charge in [0.25, 0.3) is 0 Å². The van der Waals surface area contributed by atoms with Crippen LogP contribution in [0.3, 0.4) is 0 Å². The minimum atomic E-state index is -0.259. The van der Waals surface area contributed by atoms with E-state index in [-0.39, 0.29) is 24.6 Å². The molecule has 1 unspecified atom stereocenters. The minimum absolute atomic E-state index is 0.0891. The SMILES string of the molecule is Fc1ccc(C([PH2]=S)c2ccc(F)cc2)cc1. The standard InChI is InChI=1S/C13H11F2PS/c14-11-5-1-9(2-6-11)13(16-17)10-3-7-12(15)8-4-10/h1-8,13H,16H2. The summed E-state index contributed by atoms with van der Waals surface area (Å²) in [6.07, 6.45) is 0. The van der Waals surface area contributed by atoms with E-state index in [1.807, 2.05) is 0 Å². The molecule has 0 aliphatic carbocycles. The molecule has 2 aromatic rings. The van der Waals surface area contributed by atoms with Gasteiger partial charge < -0.3 is 0 Å². The molecule has 0 spiro atoms. The molecular weight excluding hydrogens is 257 g/mol. The van der Waals surface area contributed by atoms with Crippen LogP contribution in [0, 0.1) is 11.6 Å². The molecule has 1 atom stereocenters. The fraction of sp³-hybridized carbons (Fsp3) is 0.0769. The predicted octanol–water partition coefficient (Wildman–Crippen LogP) is 3.93. The van der Waals surface area contributed by atoms with Crippen LogP contribution in [0.5, 0.6) is 0 Å². The highest BCUT2D eigenvalue weighted by Crippen LogP contribution is 2.34. The molecule has 0 heterocycles. The zero-order valence-electron chi connectivity index (χ0n) is 8.94. The van der Waals surface area contributed by atoms with Gasteiger partial charge in [-0.25, -0.2) is 8.78 Å². The largest absolute Gasteiger partial charge is 0.207 e. The van der Waals surface area contributed by atoms with Crippen LogP contribution >= 0.6 is 7.36 Å². The number of halogens is 2. The average molecular weight is 268 g/mol. The Hall–Kier alpha value is -1.05. The van der Waals surface area contributed by atoms with E-state index < -0.39 is 0 Å². The maximum absolute atomic E-state index is 12.8. The van der Waals surface area contributed by atoms with Crippen molar-refractivity contribution >= 4 is 19.2 Å². The van der Waals surface area contributed by atoms with Crippen LogP contribution in [0.2, 0.25) is 0 Å². The summed E-state index contributed by atoms with van der Waals surface area (Å²) in [5.41, 5.74) is 2.07. The molecule has 0 aromatic heterocycles. The molecule has 0 saturated heterocycles. The molecule has 0 nitrogen and oxygen atoms in total. The fourth-order valence-corrected chi connectivity index (χ4v) is 3.39. The quantitative estimate of drug-likeness (QED) is 0.760. The Kier molecular flexibility index (Phi) is 4.03. The second kappa shape index (κ2) is 5.52. The van der Waals surface area contributed by atoms with E-state index >= 15 is 0 Å². The van der Waals surface area contributed by atoms with Gasteiger partial charge in [0.05, 0.1) is 0 Å². The summed E-state index contributed by atoms with van der Waals surface area (Å²) in [7, 11) is -0.259. The predicted molar refractivity (Wildman–Crippen MR) is 71.7 cm³/mol. The van der Waals surface area contributed by atoms with Crippen LogP contribution in [0.4, 0.5) is 8.78 Å². The minimum Gasteiger partial charge on any atom is -0.207 e. The lowest BCUT2D eigenvalue weighted by Crippen LogP contribution is -1.93. The molecule has 0 aliphatic heterocycles. The van der Waals surface area contributed by atoms with E-state index in [4.69, 9.17) is 11.8 Å². The Labute approximate surface area is 105 Å². The first-order valence-corrected chi connectivity index (χ1v) is 7.72. The summed E-state index contributed by atoms with van der Waals surface area (Å²) < 4.78 is 25.7. The molecule has 0 aliphatic rings. The van der Waals surface area contributed by atoms with E-state index in [2.05, 4.69) is 0 Å². The third-order valence-corrected chi connectivity index (χ3v) is 4.45. The van der Waals surface area contributed by atoms with E-state index in [0.29, 0.717) is 0 Å². The lowest BCUT2D eigenvalue weighted by molar-refractivity contribution is 0.626. The first-order valence-electron chi connectivity index (χ1n) is 5.17. The van der Waals surface area contributed by atoms with Crippen LogP contribution in [0.15, 0.2) is 48.5 Å². The molecule has 0 amide bonds. The Balaban J connectivity index is 2.36. The third kappa shape index (κ3) is 2.99. The van der Waals surface area contributed by atoms with Crippen LogP contribution in [-0.4, -0.2) is 0 Å². The highest BCUT2D eigenvalue weighted by molar-refractivity contribution is 7.96. The molecule has 2 rings (SSSR count). The lowest BCUT2D eigenvalue weighted by Gasteiger charge is -2.13. The molecule has 0 fully saturated rings. The first kappa shape index (κ1) is 12.4. The van der Waals surface area contributed by atoms with Gasteiger partial charge in [-0.05, 0) is 35.4 Å². The fourth-order valence-electron chi connectivity index (χ4n) is 1.69. The van der Waals surface area contributed by atoms with E-state index in [1.165, 1.54) is 24.3 Å². The van der Waals surface area contributed by atoms with Crippen molar-refractivity contribution in [3.8, 4) is 0 Å². The zero-order chi connectivity index (χ0) is 12.3. The monoisotopic (exact) mass is 268 g/mol. The normalized spacial score (nSPS) is 11.5. The molecule has 0 saturated carbocycles. The Morgan fingerprint density at radius 2 is 1.12 bits per heavy atom. The van der Waals surface area contributed by atoms with Crippen molar-refractivity contribution in [2.24, 2.45) is 0 Å². The highest BCUT2D eigenvalue weighted by Gasteiger charge is 2.10. The molecular formula is C13H11F2PS. The smallest absolute Gasteiger partial charge is 0.123 e. The molecule has 0 radical (unpaired) electrons. The number of rotatable bonds is 3. The van der Waals surface area contributed by atoms with Gasteiger partial charge in [0.1, 0.15) is 11.6 Å². The number of benzene rings is 2. The molecule has 0 N–H and O–H groups in total. The molecule has 88 valence electrons. The van der Waals surface area contributed by atoms with E-state index in [1.54, 1.807) is 24.3 Å². The van der Waals surface area contributed by atoms with Crippen molar-refractivity contribution in [2.45, 2.75) is 5.66 Å². The maximum Gasteiger partial charge on any atom is 0.123 e. The summed E-state index contributed by atoms with van der Waals surface area (Å²) in [4.78, 5) is 0. The van der Waals surface area contributed by atoms with Crippen molar-refractivity contribution in [3.05, 3.63) is 71.3 Å². The van der Waals surface area contributed by atoms with Gasteiger partial charge >= 0.3 is 0 Å². The van der Waals surface area contributed by atoms with E-state index in [9.17, 15) is 8.78 Å². The summed E-state index contributed by atoms with van der Waals surface area (Å²) in [5, 5.41) is 0. The summed E-state index contributed by atoms with van der Waals surface area (Å²) in [6.45, 7) is 0. The average Bonchev–Trinajstić information content (AvgIpc) is 2.35. The van der Waals surface area contributed by atoms with Crippen LogP contribution < -0.4 is 0 Å². The maximum atomic E-state index is 12.8. The van der Waals surface area contributed by atoms with Crippen molar-refractivity contribution < 1.29 is 8.78 Å². The summed E-state index contributed by atoms with van der Waals surface area (Å²) in [5.74, 6) is -0.517. The van der Waals surface area contributed by atoms with Crippen LogP contribution in [0.25, 0.3) is 0 Å². The molecule has 2 aromatic carbocycles. The highest BCUT2D eigenvalue weighted by atomic mass is 32.4. The third-order valence-electron chi connectivity index (χ3n) is 2.59. The summed E-state index contributed by atoms with van der Waals surface area (Å²) >= 11 is 5.20. The van der Waals surface area contributed by atoms with Crippen molar-refractivity contribution in [1.29, 1.82) is 0 Å². The zero-order valence-corrected chi connectivity index (χ0v) is 10.9. The number of hydrogen-bond donors (Lipinski definition) is 0. The van der Waals surface area contributed by atoms with Gasteiger partial charge in [0.15, 0.2) is 0 Å². The Bertz CT molecular complexity index is 462. The van der Waals surface area contributed by atoms with Crippen molar-refractivity contribution in [3.63, 3.8) is 0 Å². The molecule has 0 bridgehead atoms. The van der Waals surface area contributed by atoms with Gasteiger partial charge in [-0.15, -0.1) is 11.8 Å². The molecule has 17 heavy (non-hydrogen) atoms.